The number of ketones is 1. The van der Waals surface area contributed by atoms with Crippen LogP contribution in [0.3, 0.4) is 0 Å². The number of rotatable bonds is 10. The summed E-state index contributed by atoms with van der Waals surface area (Å²) in [5.41, 5.74) is 0.943. The van der Waals surface area contributed by atoms with Gasteiger partial charge in [0.1, 0.15) is 5.78 Å². The zero-order valence-corrected chi connectivity index (χ0v) is 15.0. The van der Waals surface area contributed by atoms with E-state index >= 15 is 0 Å². The first-order valence-corrected chi connectivity index (χ1v) is 8.62. The zero-order chi connectivity index (χ0) is 17.7. The molecular formula is C19H32O4. The van der Waals surface area contributed by atoms with Gasteiger partial charge in [0.25, 0.3) is 0 Å². The highest BCUT2D eigenvalue weighted by atomic mass is 16.5. The number of hydrogen-bond acceptors (Lipinski definition) is 4. The lowest BCUT2D eigenvalue weighted by molar-refractivity contribution is -0.121. The maximum atomic E-state index is 11.8. The Kier molecular flexibility index (Phi) is 12.1. The summed E-state index contributed by atoms with van der Waals surface area (Å²) in [6, 6.07) is 5.08. The molecule has 4 nitrogen and oxygen atoms in total. The van der Waals surface area contributed by atoms with Crippen LogP contribution in [-0.2, 0) is 11.2 Å². The van der Waals surface area contributed by atoms with Crippen molar-refractivity contribution in [2.24, 2.45) is 0 Å². The highest BCUT2D eigenvalue weighted by molar-refractivity contribution is 5.79. The molecule has 0 amide bonds. The molecule has 0 spiro atoms. The van der Waals surface area contributed by atoms with E-state index in [1.807, 2.05) is 13.8 Å². The fourth-order valence-electron chi connectivity index (χ4n) is 2.26. The minimum absolute atomic E-state index is 0.0750. The van der Waals surface area contributed by atoms with Gasteiger partial charge in [0.05, 0.1) is 13.2 Å². The highest BCUT2D eigenvalue weighted by Crippen LogP contribution is 2.26. The SMILES string of the molecule is CC.CCCCCC(O)CC(=O)CCc1ccc(O)c(OC)c1. The predicted octanol–water partition coefficient (Wildman–Crippen LogP) is 4.26. The normalized spacial score (nSPS) is 11.3. The van der Waals surface area contributed by atoms with Crippen LogP contribution in [0.5, 0.6) is 11.5 Å². The van der Waals surface area contributed by atoms with Crippen molar-refractivity contribution in [2.75, 3.05) is 7.11 Å². The number of methoxy groups -OCH3 is 1. The molecule has 23 heavy (non-hydrogen) atoms. The average Bonchev–Trinajstić information content (AvgIpc) is 2.56. The van der Waals surface area contributed by atoms with Gasteiger partial charge in [0.15, 0.2) is 11.5 Å². The summed E-state index contributed by atoms with van der Waals surface area (Å²) < 4.78 is 5.04. The molecule has 1 aromatic carbocycles. The third-order valence-corrected chi connectivity index (χ3v) is 3.54. The molecule has 0 aliphatic rings. The van der Waals surface area contributed by atoms with Crippen molar-refractivity contribution in [3.63, 3.8) is 0 Å². The second-order valence-electron chi connectivity index (χ2n) is 5.40. The van der Waals surface area contributed by atoms with Gasteiger partial charge in [-0.05, 0) is 30.5 Å². The Labute approximate surface area is 140 Å². The quantitative estimate of drug-likeness (QED) is 0.631. The van der Waals surface area contributed by atoms with Crippen molar-refractivity contribution in [2.45, 2.75) is 71.8 Å². The number of aliphatic hydroxyl groups is 1. The number of aliphatic hydroxyl groups excluding tert-OH is 1. The Hall–Kier alpha value is -1.55. The van der Waals surface area contributed by atoms with Crippen LogP contribution in [0.4, 0.5) is 0 Å². The molecule has 4 heteroatoms. The molecule has 0 heterocycles. The molecule has 0 aliphatic carbocycles. The van der Waals surface area contributed by atoms with E-state index < -0.39 is 6.10 Å². The molecule has 1 atom stereocenters. The Morgan fingerprint density at radius 2 is 1.96 bits per heavy atom. The van der Waals surface area contributed by atoms with Gasteiger partial charge < -0.3 is 14.9 Å². The summed E-state index contributed by atoms with van der Waals surface area (Å²) >= 11 is 0. The number of benzene rings is 1. The van der Waals surface area contributed by atoms with Crippen molar-refractivity contribution in [1.29, 1.82) is 0 Å². The van der Waals surface area contributed by atoms with Crippen LogP contribution in [-0.4, -0.2) is 29.2 Å². The van der Waals surface area contributed by atoms with Gasteiger partial charge in [0, 0.05) is 12.8 Å². The topological polar surface area (TPSA) is 66.8 Å². The van der Waals surface area contributed by atoms with Gasteiger partial charge in [-0.3, -0.25) is 4.79 Å². The number of aromatic hydroxyl groups is 1. The first-order valence-electron chi connectivity index (χ1n) is 8.62. The van der Waals surface area contributed by atoms with Crippen LogP contribution in [0.1, 0.15) is 64.9 Å². The molecule has 1 rings (SSSR count). The van der Waals surface area contributed by atoms with Crippen LogP contribution in [0.2, 0.25) is 0 Å². The number of carbonyl (C=O) groups excluding carboxylic acids is 1. The monoisotopic (exact) mass is 324 g/mol. The smallest absolute Gasteiger partial charge is 0.160 e. The minimum Gasteiger partial charge on any atom is -0.504 e. The Morgan fingerprint density at radius 1 is 1.26 bits per heavy atom. The van der Waals surface area contributed by atoms with E-state index in [0.29, 0.717) is 25.0 Å². The van der Waals surface area contributed by atoms with Crippen molar-refractivity contribution in [1.82, 2.24) is 0 Å². The molecule has 0 bridgehead atoms. The molecule has 132 valence electrons. The number of Topliss-reactive ketones (excluding diaryl/α,β-unsaturated/α-hetero) is 1. The number of phenols is 1. The van der Waals surface area contributed by atoms with E-state index in [1.54, 1.807) is 18.2 Å². The Morgan fingerprint density at radius 3 is 2.57 bits per heavy atom. The largest absolute Gasteiger partial charge is 0.504 e. The van der Waals surface area contributed by atoms with E-state index in [0.717, 1.165) is 24.8 Å². The summed E-state index contributed by atoms with van der Waals surface area (Å²) in [5.74, 6) is 0.588. The first-order chi connectivity index (χ1) is 11.1. The number of carbonyl (C=O) groups is 1. The van der Waals surface area contributed by atoms with Crippen molar-refractivity contribution in [3.05, 3.63) is 23.8 Å². The predicted molar refractivity (Wildman–Crippen MR) is 94.1 cm³/mol. The third kappa shape index (κ3) is 9.24. The maximum Gasteiger partial charge on any atom is 0.160 e. The highest BCUT2D eigenvalue weighted by Gasteiger charge is 2.11. The second kappa shape index (κ2) is 12.9. The summed E-state index contributed by atoms with van der Waals surface area (Å²) in [4.78, 5) is 11.8. The summed E-state index contributed by atoms with van der Waals surface area (Å²) in [6.07, 6.45) is 4.60. The van der Waals surface area contributed by atoms with Crippen LogP contribution >= 0.6 is 0 Å². The number of hydrogen-bond donors (Lipinski definition) is 2. The zero-order valence-electron chi connectivity index (χ0n) is 15.0. The fraction of sp³-hybridized carbons (Fsp3) is 0.632. The molecule has 1 unspecified atom stereocenters. The van der Waals surface area contributed by atoms with Gasteiger partial charge in [-0.15, -0.1) is 0 Å². The van der Waals surface area contributed by atoms with Gasteiger partial charge in [-0.1, -0.05) is 46.1 Å². The van der Waals surface area contributed by atoms with E-state index in [4.69, 9.17) is 4.74 Å². The molecule has 2 N–H and O–H groups in total. The molecule has 0 saturated heterocycles. The van der Waals surface area contributed by atoms with Crippen molar-refractivity contribution in [3.8, 4) is 11.5 Å². The summed E-state index contributed by atoms with van der Waals surface area (Å²) in [5, 5.41) is 19.3. The average molecular weight is 324 g/mol. The minimum atomic E-state index is -0.515. The number of aryl methyl sites for hydroxylation is 1. The first kappa shape index (κ1) is 21.4. The van der Waals surface area contributed by atoms with Crippen LogP contribution in [0.15, 0.2) is 18.2 Å². The van der Waals surface area contributed by atoms with Crippen LogP contribution in [0.25, 0.3) is 0 Å². The van der Waals surface area contributed by atoms with Crippen molar-refractivity contribution >= 4 is 5.78 Å². The van der Waals surface area contributed by atoms with E-state index in [9.17, 15) is 15.0 Å². The lowest BCUT2D eigenvalue weighted by Gasteiger charge is -2.10. The van der Waals surface area contributed by atoms with Gasteiger partial charge in [-0.2, -0.15) is 0 Å². The second-order valence-corrected chi connectivity index (χ2v) is 5.40. The van der Waals surface area contributed by atoms with Crippen LogP contribution < -0.4 is 4.74 Å². The van der Waals surface area contributed by atoms with Gasteiger partial charge >= 0.3 is 0 Å². The van der Waals surface area contributed by atoms with Crippen LogP contribution in [0, 0.1) is 0 Å². The van der Waals surface area contributed by atoms with Gasteiger partial charge in [-0.25, -0.2) is 0 Å². The van der Waals surface area contributed by atoms with E-state index in [1.165, 1.54) is 7.11 Å². The van der Waals surface area contributed by atoms with E-state index in [2.05, 4.69) is 6.92 Å². The maximum absolute atomic E-state index is 11.8. The molecule has 0 radical (unpaired) electrons. The molecule has 0 aliphatic heterocycles. The number of phenolic OH excluding ortho intramolecular Hbond substituents is 1. The third-order valence-electron chi connectivity index (χ3n) is 3.54. The standard InChI is InChI=1S/C17H26O4.C2H6/c1-3-4-5-6-14(18)12-15(19)9-7-13-8-10-16(20)17(11-13)21-2;1-2/h8,10-11,14,18,20H,3-7,9,12H2,1-2H3;1-2H3. The number of ether oxygens (including phenoxy) is 1. The summed E-state index contributed by atoms with van der Waals surface area (Å²) in [6.45, 7) is 6.11. The van der Waals surface area contributed by atoms with E-state index in [-0.39, 0.29) is 18.0 Å². The number of unbranched alkanes of at least 4 members (excludes halogenated alkanes) is 2. The molecule has 1 aromatic rings. The van der Waals surface area contributed by atoms with Crippen molar-refractivity contribution < 1.29 is 19.7 Å². The molecule has 0 fully saturated rings. The van der Waals surface area contributed by atoms with Gasteiger partial charge in [0.2, 0.25) is 0 Å². The fourth-order valence-corrected chi connectivity index (χ4v) is 2.26. The molecule has 0 saturated carbocycles. The Balaban J connectivity index is 0.00000232. The molecular weight excluding hydrogens is 292 g/mol. The summed E-state index contributed by atoms with van der Waals surface area (Å²) in [7, 11) is 1.50. The lowest BCUT2D eigenvalue weighted by Crippen LogP contribution is -2.13. The Bertz CT molecular complexity index is 443. The molecule has 0 aromatic heterocycles. The lowest BCUT2D eigenvalue weighted by atomic mass is 10.0.